The van der Waals surface area contributed by atoms with Crippen LogP contribution in [0.3, 0.4) is 0 Å². The number of alkyl halides is 2. The van der Waals surface area contributed by atoms with E-state index in [4.69, 9.17) is 0 Å². The number of rotatable bonds is 6. The lowest BCUT2D eigenvalue weighted by Gasteiger charge is -2.20. The summed E-state index contributed by atoms with van der Waals surface area (Å²) >= 11 is 0. The molecule has 7 nitrogen and oxygen atoms in total. The van der Waals surface area contributed by atoms with Crippen LogP contribution in [-0.2, 0) is 0 Å². The predicted octanol–water partition coefficient (Wildman–Crippen LogP) is 2.84. The van der Waals surface area contributed by atoms with E-state index in [0.717, 1.165) is 37.4 Å². The lowest BCUT2D eigenvalue weighted by Crippen LogP contribution is -2.27. The fraction of sp³-hybridized carbons (Fsp3) is 0.556. The minimum Gasteiger partial charge on any atom is -0.365 e. The second-order valence-corrected chi connectivity index (χ2v) is 7.32. The molecule has 1 N–H and O–H groups in total. The third-order valence-corrected chi connectivity index (χ3v) is 4.89. The van der Waals surface area contributed by atoms with Gasteiger partial charge in [-0.15, -0.1) is 0 Å². The van der Waals surface area contributed by atoms with E-state index < -0.39 is 6.43 Å². The number of hydrogen-bond acceptors (Lipinski definition) is 7. The highest BCUT2D eigenvalue weighted by Crippen LogP contribution is 2.39. The molecule has 0 spiro atoms. The fourth-order valence-electron chi connectivity index (χ4n) is 3.24. The van der Waals surface area contributed by atoms with Crippen LogP contribution >= 0.6 is 0 Å². The third-order valence-electron chi connectivity index (χ3n) is 4.89. The predicted molar refractivity (Wildman–Crippen MR) is 99.6 cm³/mol. The largest absolute Gasteiger partial charge is 0.365 e. The van der Waals surface area contributed by atoms with Crippen molar-refractivity contribution in [2.45, 2.75) is 37.6 Å². The molecule has 0 amide bonds. The maximum atomic E-state index is 13.2. The Kier molecular flexibility index (Phi) is 4.75. The average molecular weight is 375 g/mol. The topological polar surface area (TPSA) is 70.1 Å². The molecule has 0 aromatic carbocycles. The van der Waals surface area contributed by atoms with Crippen molar-refractivity contribution in [1.82, 2.24) is 19.9 Å². The normalized spacial score (nSPS) is 19.6. The molecule has 27 heavy (non-hydrogen) atoms. The van der Waals surface area contributed by atoms with Gasteiger partial charge in [-0.2, -0.15) is 0 Å². The summed E-state index contributed by atoms with van der Waals surface area (Å²) in [6, 6.07) is 3.49. The number of halogens is 2. The van der Waals surface area contributed by atoms with Crippen LogP contribution in [0.15, 0.2) is 18.5 Å². The van der Waals surface area contributed by atoms with Crippen molar-refractivity contribution in [2.75, 3.05) is 42.3 Å². The summed E-state index contributed by atoms with van der Waals surface area (Å²) in [5.74, 6) is 2.99. The van der Waals surface area contributed by atoms with Crippen molar-refractivity contribution in [1.29, 1.82) is 0 Å². The van der Waals surface area contributed by atoms with Gasteiger partial charge in [0.1, 0.15) is 35.3 Å². The minimum absolute atomic E-state index is 0.171. The number of nitrogens with one attached hydrogen (secondary N) is 1. The number of nitrogens with zero attached hydrogens (tertiary/aromatic N) is 6. The van der Waals surface area contributed by atoms with Crippen LogP contribution in [0.4, 0.5) is 26.2 Å². The highest BCUT2D eigenvalue weighted by Gasteiger charge is 2.30. The van der Waals surface area contributed by atoms with Crippen molar-refractivity contribution >= 4 is 17.5 Å². The molecule has 1 atom stereocenters. The molecule has 1 aliphatic heterocycles. The van der Waals surface area contributed by atoms with Gasteiger partial charge in [0.15, 0.2) is 0 Å². The second-order valence-electron chi connectivity index (χ2n) is 7.32. The Bertz CT molecular complexity index is 790. The van der Waals surface area contributed by atoms with Gasteiger partial charge < -0.3 is 15.1 Å². The number of hydrogen-bond donors (Lipinski definition) is 1. The van der Waals surface area contributed by atoms with E-state index in [9.17, 15) is 8.78 Å². The monoisotopic (exact) mass is 375 g/mol. The average Bonchev–Trinajstić information content (AvgIpc) is 3.41. The first kappa shape index (κ1) is 17.8. The van der Waals surface area contributed by atoms with Crippen LogP contribution in [0, 0.1) is 0 Å². The molecule has 3 heterocycles. The van der Waals surface area contributed by atoms with Gasteiger partial charge in [-0.25, -0.2) is 28.7 Å². The van der Waals surface area contributed by atoms with Crippen LogP contribution in [0.25, 0.3) is 0 Å². The molecular formula is C18H23F2N7. The first-order chi connectivity index (χ1) is 13.0. The van der Waals surface area contributed by atoms with Gasteiger partial charge in [-0.05, 0) is 19.3 Å². The van der Waals surface area contributed by atoms with E-state index in [2.05, 4.69) is 25.3 Å². The lowest BCUT2D eigenvalue weighted by molar-refractivity contribution is 0.145. The Hall–Kier alpha value is -2.58. The molecule has 1 saturated carbocycles. The summed E-state index contributed by atoms with van der Waals surface area (Å²) in [6.07, 6.45) is 1.81. The maximum absolute atomic E-state index is 13.2. The molecule has 2 aromatic heterocycles. The van der Waals surface area contributed by atoms with E-state index in [-0.39, 0.29) is 17.7 Å². The van der Waals surface area contributed by atoms with Crippen LogP contribution in [-0.4, -0.2) is 53.2 Å². The standard InChI is InChI=1S/C18H23F2N7/c1-26(2)15-8-14(21-10-22-15)23-12-5-6-27(9-12)16-7-13(17(19)20)24-18(25-16)11-3-4-11/h7-8,10-12,17H,3-6,9H2,1-2H3,(H,21,22,23). The maximum Gasteiger partial charge on any atom is 0.280 e. The molecule has 1 saturated heterocycles. The van der Waals surface area contributed by atoms with Gasteiger partial charge >= 0.3 is 0 Å². The van der Waals surface area contributed by atoms with Gasteiger partial charge in [0.2, 0.25) is 0 Å². The smallest absolute Gasteiger partial charge is 0.280 e. The molecule has 2 fully saturated rings. The molecular weight excluding hydrogens is 352 g/mol. The molecule has 1 aliphatic carbocycles. The van der Waals surface area contributed by atoms with Crippen LogP contribution in [0.1, 0.15) is 43.1 Å². The summed E-state index contributed by atoms with van der Waals surface area (Å²) in [6.45, 7) is 1.44. The summed E-state index contributed by atoms with van der Waals surface area (Å²) in [5.41, 5.74) is -0.176. The van der Waals surface area contributed by atoms with Gasteiger partial charge in [-0.1, -0.05) is 0 Å². The zero-order chi connectivity index (χ0) is 19.0. The van der Waals surface area contributed by atoms with Crippen LogP contribution in [0.5, 0.6) is 0 Å². The fourth-order valence-corrected chi connectivity index (χ4v) is 3.24. The van der Waals surface area contributed by atoms with Crippen molar-refractivity contribution in [3.8, 4) is 0 Å². The number of aromatic nitrogens is 4. The molecule has 2 aliphatic rings. The van der Waals surface area contributed by atoms with Crippen LogP contribution in [0.2, 0.25) is 0 Å². The van der Waals surface area contributed by atoms with Gasteiger partial charge in [-0.3, -0.25) is 0 Å². The highest BCUT2D eigenvalue weighted by molar-refractivity contribution is 5.49. The molecule has 1 unspecified atom stereocenters. The van der Waals surface area contributed by atoms with Gasteiger partial charge in [0.25, 0.3) is 6.43 Å². The Labute approximate surface area is 156 Å². The van der Waals surface area contributed by atoms with Crippen molar-refractivity contribution < 1.29 is 8.78 Å². The lowest BCUT2D eigenvalue weighted by atomic mass is 10.2. The molecule has 144 valence electrons. The Morgan fingerprint density at radius 2 is 1.96 bits per heavy atom. The third kappa shape index (κ3) is 4.06. The zero-order valence-corrected chi connectivity index (χ0v) is 15.4. The van der Waals surface area contributed by atoms with E-state index >= 15 is 0 Å². The first-order valence-corrected chi connectivity index (χ1v) is 9.17. The molecule has 4 rings (SSSR count). The zero-order valence-electron chi connectivity index (χ0n) is 15.4. The molecule has 9 heteroatoms. The molecule has 2 aromatic rings. The van der Waals surface area contributed by atoms with E-state index in [1.165, 1.54) is 12.4 Å². The Morgan fingerprint density at radius 3 is 2.67 bits per heavy atom. The van der Waals surface area contributed by atoms with Crippen molar-refractivity contribution in [3.05, 3.63) is 30.0 Å². The van der Waals surface area contributed by atoms with Crippen LogP contribution < -0.4 is 15.1 Å². The van der Waals surface area contributed by atoms with Gasteiger partial charge in [0.05, 0.1) is 0 Å². The number of anilines is 3. The Morgan fingerprint density at radius 1 is 1.15 bits per heavy atom. The van der Waals surface area contributed by atoms with Crippen molar-refractivity contribution in [3.63, 3.8) is 0 Å². The Balaban J connectivity index is 1.47. The van der Waals surface area contributed by atoms with E-state index in [0.29, 0.717) is 18.2 Å². The summed E-state index contributed by atoms with van der Waals surface area (Å²) in [5, 5.41) is 3.41. The van der Waals surface area contributed by atoms with E-state index in [1.54, 1.807) is 0 Å². The summed E-state index contributed by atoms with van der Waals surface area (Å²) < 4.78 is 26.5. The summed E-state index contributed by atoms with van der Waals surface area (Å²) in [7, 11) is 3.85. The quantitative estimate of drug-likeness (QED) is 0.832. The van der Waals surface area contributed by atoms with Crippen molar-refractivity contribution in [2.24, 2.45) is 0 Å². The highest BCUT2D eigenvalue weighted by atomic mass is 19.3. The van der Waals surface area contributed by atoms with Gasteiger partial charge in [0, 0.05) is 51.3 Å². The summed E-state index contributed by atoms with van der Waals surface area (Å²) in [4.78, 5) is 21.1. The second kappa shape index (κ2) is 7.21. The molecule has 0 radical (unpaired) electrons. The first-order valence-electron chi connectivity index (χ1n) is 9.17. The molecule has 0 bridgehead atoms. The van der Waals surface area contributed by atoms with E-state index in [1.807, 2.05) is 30.0 Å². The minimum atomic E-state index is -2.58. The SMILES string of the molecule is CN(C)c1cc(NC2CCN(c3cc(C(F)F)nc(C4CC4)n3)C2)ncn1.